The highest BCUT2D eigenvalue weighted by Crippen LogP contribution is 2.40. The summed E-state index contributed by atoms with van der Waals surface area (Å²) in [5.74, 6) is -0.654. The predicted molar refractivity (Wildman–Crippen MR) is 95.8 cm³/mol. The topological polar surface area (TPSA) is 111 Å². The molecule has 0 bridgehead atoms. The molecule has 0 spiro atoms. The van der Waals surface area contributed by atoms with E-state index in [9.17, 15) is 15.0 Å². The highest BCUT2D eigenvalue weighted by molar-refractivity contribution is 5.86. The minimum Gasteiger partial charge on any atom is -0.544 e. The zero-order valence-electron chi connectivity index (χ0n) is 15.0. The maximum Gasteiger partial charge on any atom is 0.200 e. The molecule has 2 heterocycles. The quantitative estimate of drug-likeness (QED) is 0.610. The van der Waals surface area contributed by atoms with Crippen molar-refractivity contribution in [3.8, 4) is 17.2 Å². The van der Waals surface area contributed by atoms with Crippen LogP contribution in [0.4, 0.5) is 0 Å². The summed E-state index contributed by atoms with van der Waals surface area (Å²) in [6, 6.07) is 10.2. The molecule has 3 aromatic rings. The first-order valence-corrected chi connectivity index (χ1v) is 8.63. The number of rotatable bonds is 4. The first-order chi connectivity index (χ1) is 13.0. The molecule has 7 nitrogen and oxygen atoms in total. The lowest BCUT2D eigenvalue weighted by atomic mass is 9.90. The number of aromatic hydroxyl groups is 1. The molecule has 0 fully saturated rings. The minimum atomic E-state index is -1.10. The maximum absolute atomic E-state index is 11.7. The molecule has 0 aliphatic carbocycles. The van der Waals surface area contributed by atoms with E-state index in [0.717, 1.165) is 27.7 Å². The lowest BCUT2D eigenvalue weighted by molar-refractivity contribution is -0.717. The minimum absolute atomic E-state index is 0.0899. The van der Waals surface area contributed by atoms with Gasteiger partial charge in [-0.2, -0.15) is 0 Å². The second-order valence-corrected chi connectivity index (χ2v) is 6.64. The Hall–Kier alpha value is -3.19. The summed E-state index contributed by atoms with van der Waals surface area (Å²) >= 11 is 0. The Bertz CT molecular complexity index is 1000. The van der Waals surface area contributed by atoms with E-state index in [1.54, 1.807) is 17.4 Å². The van der Waals surface area contributed by atoms with Crippen LogP contribution in [0.2, 0.25) is 0 Å². The van der Waals surface area contributed by atoms with Crippen molar-refractivity contribution in [1.82, 2.24) is 4.98 Å². The Labute approximate surface area is 155 Å². The van der Waals surface area contributed by atoms with Crippen molar-refractivity contribution in [2.75, 3.05) is 14.2 Å². The fraction of sp³-hybridized carbons (Fsp3) is 0.250. The van der Waals surface area contributed by atoms with Crippen LogP contribution in [0.5, 0.6) is 17.2 Å². The van der Waals surface area contributed by atoms with Gasteiger partial charge < -0.3 is 34.8 Å². The van der Waals surface area contributed by atoms with Crippen LogP contribution in [0.1, 0.15) is 22.9 Å². The lowest BCUT2D eigenvalue weighted by Gasteiger charge is -2.29. The molecule has 1 aliphatic heterocycles. The molecule has 4 rings (SSSR count). The number of fused-ring (bicyclic) bond motifs is 3. The van der Waals surface area contributed by atoms with Gasteiger partial charge in [0.15, 0.2) is 17.5 Å². The van der Waals surface area contributed by atoms with Crippen LogP contribution in [-0.2, 0) is 11.2 Å². The van der Waals surface area contributed by atoms with Gasteiger partial charge in [0.25, 0.3) is 0 Å². The molecule has 2 aromatic carbocycles. The Balaban J connectivity index is 1.91. The van der Waals surface area contributed by atoms with Crippen molar-refractivity contribution in [3.05, 3.63) is 53.2 Å². The zero-order chi connectivity index (χ0) is 19.1. The van der Waals surface area contributed by atoms with Gasteiger partial charge in [-0.25, -0.2) is 0 Å². The van der Waals surface area contributed by atoms with Gasteiger partial charge in [0.2, 0.25) is 5.75 Å². The third kappa shape index (κ3) is 2.76. The second-order valence-electron chi connectivity index (χ2n) is 6.64. The fourth-order valence-corrected chi connectivity index (χ4v) is 3.86. The predicted octanol–water partition coefficient (Wildman–Crippen LogP) is 0.218. The second kappa shape index (κ2) is 6.51. The number of carboxylic acid groups (broad SMARTS) is 1. The summed E-state index contributed by atoms with van der Waals surface area (Å²) in [5, 5.41) is 24.6. The number of carbonyl (C=O) groups is 1. The summed E-state index contributed by atoms with van der Waals surface area (Å²) in [6.07, 6.45) is 0.379. The summed E-state index contributed by atoms with van der Waals surface area (Å²) in [7, 11) is 2.92. The molecular formula is C20H20N2O5. The van der Waals surface area contributed by atoms with Crippen molar-refractivity contribution < 1.29 is 29.8 Å². The molecule has 2 atom stereocenters. The average molecular weight is 368 g/mol. The molecule has 7 heteroatoms. The van der Waals surface area contributed by atoms with Crippen molar-refractivity contribution in [1.29, 1.82) is 0 Å². The Kier molecular flexibility index (Phi) is 4.16. The number of phenols is 1. The first-order valence-electron chi connectivity index (χ1n) is 8.63. The van der Waals surface area contributed by atoms with Crippen LogP contribution >= 0.6 is 0 Å². The molecule has 2 unspecified atom stereocenters. The molecule has 1 aliphatic rings. The highest BCUT2D eigenvalue weighted by atomic mass is 16.5. The SMILES string of the molecule is COc1cc(C2[NH2+]C(C(=O)[O-])Cc3c2[nH]c2ccccc32)cc(OC)c1O. The average Bonchev–Trinajstić information content (AvgIpc) is 3.06. The summed E-state index contributed by atoms with van der Waals surface area (Å²) < 4.78 is 10.5. The Morgan fingerprint density at radius 2 is 1.89 bits per heavy atom. The number of ether oxygens (including phenoxy) is 2. The molecule has 140 valence electrons. The lowest BCUT2D eigenvalue weighted by Crippen LogP contribution is -2.95. The number of nitrogens with two attached hydrogens (primary N) is 1. The molecule has 1 aromatic heterocycles. The number of carbonyl (C=O) groups excluding carboxylic acids is 1. The van der Waals surface area contributed by atoms with Gasteiger partial charge in [-0.1, -0.05) is 18.2 Å². The molecule has 0 radical (unpaired) electrons. The van der Waals surface area contributed by atoms with Gasteiger partial charge >= 0.3 is 0 Å². The fourth-order valence-electron chi connectivity index (χ4n) is 3.86. The number of aliphatic carboxylic acids is 1. The van der Waals surface area contributed by atoms with Gasteiger partial charge in [0.1, 0.15) is 6.04 Å². The van der Waals surface area contributed by atoms with Gasteiger partial charge in [0, 0.05) is 22.9 Å². The number of aromatic amines is 1. The van der Waals surface area contributed by atoms with Gasteiger partial charge in [0.05, 0.1) is 25.9 Å². The van der Waals surface area contributed by atoms with Crippen LogP contribution in [0.3, 0.4) is 0 Å². The van der Waals surface area contributed by atoms with Crippen molar-refractivity contribution in [3.63, 3.8) is 0 Å². The van der Waals surface area contributed by atoms with Crippen LogP contribution in [0.25, 0.3) is 10.9 Å². The first kappa shape index (κ1) is 17.2. The smallest absolute Gasteiger partial charge is 0.200 e. The monoisotopic (exact) mass is 368 g/mol. The van der Waals surface area contributed by atoms with Gasteiger partial charge in [-0.3, -0.25) is 0 Å². The van der Waals surface area contributed by atoms with Crippen LogP contribution in [-0.4, -0.2) is 36.3 Å². The van der Waals surface area contributed by atoms with E-state index in [1.807, 2.05) is 24.3 Å². The van der Waals surface area contributed by atoms with E-state index in [-0.39, 0.29) is 23.3 Å². The number of carboxylic acids is 1. The maximum atomic E-state index is 11.7. The largest absolute Gasteiger partial charge is 0.544 e. The van der Waals surface area contributed by atoms with E-state index < -0.39 is 12.0 Å². The van der Waals surface area contributed by atoms with E-state index in [1.165, 1.54) is 14.2 Å². The number of methoxy groups -OCH3 is 2. The highest BCUT2D eigenvalue weighted by Gasteiger charge is 2.35. The summed E-state index contributed by atoms with van der Waals surface area (Å²) in [4.78, 5) is 15.1. The molecule has 0 saturated carbocycles. The van der Waals surface area contributed by atoms with Gasteiger partial charge in [-0.15, -0.1) is 0 Å². The van der Waals surface area contributed by atoms with E-state index in [4.69, 9.17) is 9.47 Å². The normalized spacial score (nSPS) is 18.9. The van der Waals surface area contributed by atoms with Crippen LogP contribution < -0.4 is 19.9 Å². The van der Waals surface area contributed by atoms with E-state index in [0.29, 0.717) is 6.42 Å². The third-order valence-corrected chi connectivity index (χ3v) is 5.17. The number of aromatic nitrogens is 1. The number of para-hydroxylation sites is 1. The van der Waals surface area contributed by atoms with Crippen LogP contribution in [0, 0.1) is 0 Å². The number of benzene rings is 2. The number of nitrogens with one attached hydrogen (secondary N) is 1. The number of phenolic OH excluding ortho intramolecular Hbond substituents is 1. The third-order valence-electron chi connectivity index (χ3n) is 5.17. The van der Waals surface area contributed by atoms with Crippen molar-refractivity contribution >= 4 is 16.9 Å². The molecule has 27 heavy (non-hydrogen) atoms. The van der Waals surface area contributed by atoms with Gasteiger partial charge in [-0.05, 0) is 23.8 Å². The molecule has 4 N–H and O–H groups in total. The van der Waals surface area contributed by atoms with Crippen molar-refractivity contribution in [2.24, 2.45) is 0 Å². The molecular weight excluding hydrogens is 348 g/mol. The Morgan fingerprint density at radius 1 is 1.22 bits per heavy atom. The van der Waals surface area contributed by atoms with Crippen LogP contribution in [0.15, 0.2) is 36.4 Å². The standard InChI is InChI=1S/C20H20N2O5/c1-26-15-7-10(8-16(27-2)19(15)23)17-18-12(9-14(22-17)20(24)25)11-5-3-4-6-13(11)21-18/h3-8,14,17,21-23H,9H2,1-2H3,(H,24,25). The van der Waals surface area contributed by atoms with E-state index >= 15 is 0 Å². The zero-order valence-corrected chi connectivity index (χ0v) is 15.0. The number of quaternary nitrogens is 1. The summed E-state index contributed by atoms with van der Waals surface area (Å²) in [5.41, 5.74) is 3.62. The van der Waals surface area contributed by atoms with E-state index in [2.05, 4.69) is 4.98 Å². The Morgan fingerprint density at radius 3 is 2.52 bits per heavy atom. The number of H-pyrrole nitrogens is 1. The van der Waals surface area contributed by atoms with Crippen molar-refractivity contribution in [2.45, 2.75) is 18.5 Å². The molecule has 0 amide bonds. The number of hydrogen-bond acceptors (Lipinski definition) is 5. The molecule has 0 saturated heterocycles. The summed E-state index contributed by atoms with van der Waals surface area (Å²) in [6.45, 7) is 0. The number of hydrogen-bond donors (Lipinski definition) is 3.